The number of nitrogens with one attached hydrogen (secondary N) is 1. The van der Waals surface area contributed by atoms with Gasteiger partial charge in [-0.15, -0.1) is 0 Å². The Morgan fingerprint density at radius 1 is 1.12 bits per heavy atom. The maximum Gasteiger partial charge on any atom is 0.286 e. The molecule has 5 nitrogen and oxygen atoms in total. The molecule has 1 atom stereocenters. The lowest BCUT2D eigenvalue weighted by Gasteiger charge is -2.08. The first-order valence-corrected chi connectivity index (χ1v) is 9.63. The molecule has 2 aromatic rings. The zero-order valence-corrected chi connectivity index (χ0v) is 15.9. The first-order valence-electron chi connectivity index (χ1n) is 8.75. The summed E-state index contributed by atoms with van der Waals surface area (Å²) in [6.07, 6.45) is 4.31. The Kier molecular flexibility index (Phi) is 8.15. The molecule has 2 amide bonds. The van der Waals surface area contributed by atoms with Gasteiger partial charge in [-0.2, -0.15) is 0 Å². The molecule has 0 saturated carbocycles. The molecular formula is C20H24N2O3S. The van der Waals surface area contributed by atoms with Gasteiger partial charge in [-0.05, 0) is 36.2 Å². The summed E-state index contributed by atoms with van der Waals surface area (Å²) in [5.74, 6) is 0.569. The number of hydrogen-bond acceptors (Lipinski definition) is 5. The van der Waals surface area contributed by atoms with E-state index in [4.69, 9.17) is 4.74 Å². The van der Waals surface area contributed by atoms with Crippen molar-refractivity contribution in [3.05, 3.63) is 59.9 Å². The van der Waals surface area contributed by atoms with Gasteiger partial charge >= 0.3 is 0 Å². The Bertz CT molecular complexity index is 705. The van der Waals surface area contributed by atoms with Crippen LogP contribution in [0.3, 0.4) is 0 Å². The fourth-order valence-corrected chi connectivity index (χ4v) is 3.14. The molecule has 1 N–H and O–H groups in total. The molecule has 1 unspecified atom stereocenters. The number of nitrogens with zero attached hydrogens (tertiary/aromatic N) is 1. The van der Waals surface area contributed by atoms with Crippen molar-refractivity contribution in [3.63, 3.8) is 0 Å². The second-order valence-electron chi connectivity index (χ2n) is 5.86. The van der Waals surface area contributed by atoms with Crippen LogP contribution < -0.4 is 10.1 Å². The highest BCUT2D eigenvalue weighted by atomic mass is 32.2. The summed E-state index contributed by atoms with van der Waals surface area (Å²) in [7, 11) is 0. The summed E-state index contributed by atoms with van der Waals surface area (Å²) in [5, 5.41) is 1.69. The van der Waals surface area contributed by atoms with E-state index in [-0.39, 0.29) is 16.4 Å². The number of thioether (sulfide) groups is 1. The molecule has 1 fully saturated rings. The Balaban J connectivity index is 0.000000758. The van der Waals surface area contributed by atoms with Gasteiger partial charge in [0.15, 0.2) is 0 Å². The van der Waals surface area contributed by atoms with Gasteiger partial charge in [-0.1, -0.05) is 50.2 Å². The molecule has 138 valence electrons. The molecule has 0 aliphatic carbocycles. The highest BCUT2D eigenvalue weighted by molar-refractivity contribution is 8.15. The van der Waals surface area contributed by atoms with Crippen LogP contribution in [-0.2, 0) is 17.6 Å². The number of imide groups is 1. The van der Waals surface area contributed by atoms with Crippen molar-refractivity contribution >= 4 is 22.9 Å². The summed E-state index contributed by atoms with van der Waals surface area (Å²) >= 11 is 1.05. The molecule has 1 saturated heterocycles. The van der Waals surface area contributed by atoms with Crippen molar-refractivity contribution < 1.29 is 14.3 Å². The van der Waals surface area contributed by atoms with Crippen LogP contribution in [0.5, 0.6) is 5.75 Å². The number of aromatic nitrogens is 1. The molecule has 0 radical (unpaired) electrons. The van der Waals surface area contributed by atoms with E-state index < -0.39 is 0 Å². The van der Waals surface area contributed by atoms with E-state index in [1.807, 2.05) is 42.5 Å². The van der Waals surface area contributed by atoms with Crippen LogP contribution in [0.15, 0.2) is 48.7 Å². The minimum atomic E-state index is -0.335. The van der Waals surface area contributed by atoms with Gasteiger partial charge in [-0.25, -0.2) is 0 Å². The summed E-state index contributed by atoms with van der Waals surface area (Å²) in [6.45, 7) is 4.81. The average molecular weight is 372 g/mol. The fourth-order valence-electron chi connectivity index (χ4n) is 2.28. The van der Waals surface area contributed by atoms with Crippen molar-refractivity contribution in [2.45, 2.75) is 38.4 Å². The van der Waals surface area contributed by atoms with Gasteiger partial charge < -0.3 is 4.74 Å². The van der Waals surface area contributed by atoms with Crippen LogP contribution in [0.25, 0.3) is 0 Å². The Hall–Kier alpha value is -2.34. The fraction of sp³-hybridized carbons (Fsp3) is 0.350. The lowest BCUT2D eigenvalue weighted by molar-refractivity contribution is -0.118. The molecule has 1 aliphatic rings. The van der Waals surface area contributed by atoms with Crippen LogP contribution in [0.1, 0.15) is 31.5 Å². The van der Waals surface area contributed by atoms with Gasteiger partial charge in [0, 0.05) is 18.3 Å². The predicted octanol–water partition coefficient (Wildman–Crippen LogP) is 4.01. The number of carbonyl (C=O) groups excluding carboxylic acids is 2. The molecule has 0 bridgehead atoms. The Labute approximate surface area is 158 Å². The first-order chi connectivity index (χ1) is 12.6. The molecule has 3 rings (SSSR count). The lowest BCUT2D eigenvalue weighted by Crippen LogP contribution is -2.25. The van der Waals surface area contributed by atoms with Crippen LogP contribution in [0.4, 0.5) is 4.79 Å². The van der Waals surface area contributed by atoms with E-state index in [9.17, 15) is 9.59 Å². The van der Waals surface area contributed by atoms with Crippen molar-refractivity contribution in [2.24, 2.45) is 0 Å². The molecule has 1 aromatic heterocycles. The SMILES string of the molecule is CCC.O=C1NC(=O)C(Cc2ccc(OCCc3ccccn3)cc2)S1. The third-order valence-corrected chi connectivity index (χ3v) is 4.45. The number of carbonyl (C=O) groups is 2. The number of benzene rings is 1. The minimum Gasteiger partial charge on any atom is -0.493 e. The topological polar surface area (TPSA) is 68.3 Å². The number of ether oxygens (including phenoxy) is 1. The highest BCUT2D eigenvalue weighted by Crippen LogP contribution is 2.23. The zero-order valence-electron chi connectivity index (χ0n) is 15.1. The van der Waals surface area contributed by atoms with Crippen molar-refractivity contribution in [1.29, 1.82) is 0 Å². The van der Waals surface area contributed by atoms with E-state index in [1.54, 1.807) is 6.20 Å². The van der Waals surface area contributed by atoms with Crippen LogP contribution in [0, 0.1) is 0 Å². The normalized spacial score (nSPS) is 15.8. The third kappa shape index (κ3) is 6.52. The van der Waals surface area contributed by atoms with Crippen LogP contribution >= 0.6 is 11.8 Å². The smallest absolute Gasteiger partial charge is 0.286 e. The number of rotatable bonds is 6. The molecular weight excluding hydrogens is 348 g/mol. The Morgan fingerprint density at radius 3 is 2.42 bits per heavy atom. The maximum absolute atomic E-state index is 11.5. The summed E-state index contributed by atoms with van der Waals surface area (Å²) in [6, 6.07) is 13.4. The molecule has 1 aromatic carbocycles. The van der Waals surface area contributed by atoms with E-state index in [0.717, 1.165) is 35.2 Å². The maximum atomic E-state index is 11.5. The summed E-state index contributed by atoms with van der Waals surface area (Å²) < 4.78 is 5.69. The van der Waals surface area contributed by atoms with Gasteiger partial charge in [-0.3, -0.25) is 19.9 Å². The standard InChI is InChI=1S/C17H16N2O3S.C3H8/c20-16-15(23-17(21)19-16)11-12-4-6-14(7-5-12)22-10-8-13-3-1-2-9-18-13;1-3-2/h1-7,9,15H,8,10-11H2,(H,19,20,21);3H2,1-2H3. The minimum absolute atomic E-state index is 0.212. The molecule has 1 aliphatic heterocycles. The van der Waals surface area contributed by atoms with Gasteiger partial charge in [0.1, 0.15) is 5.75 Å². The van der Waals surface area contributed by atoms with Gasteiger partial charge in [0.2, 0.25) is 5.91 Å². The van der Waals surface area contributed by atoms with Gasteiger partial charge in [0.05, 0.1) is 11.9 Å². The summed E-state index contributed by atoms with van der Waals surface area (Å²) in [4.78, 5) is 26.9. The van der Waals surface area contributed by atoms with E-state index >= 15 is 0 Å². The molecule has 0 spiro atoms. The quantitative estimate of drug-likeness (QED) is 0.830. The van der Waals surface area contributed by atoms with Crippen molar-refractivity contribution in [1.82, 2.24) is 10.3 Å². The molecule has 2 heterocycles. The van der Waals surface area contributed by atoms with E-state index in [2.05, 4.69) is 24.1 Å². The monoisotopic (exact) mass is 372 g/mol. The first kappa shape index (κ1) is 20.0. The summed E-state index contributed by atoms with van der Waals surface area (Å²) in [5.41, 5.74) is 2.00. The van der Waals surface area contributed by atoms with Crippen LogP contribution in [0.2, 0.25) is 0 Å². The van der Waals surface area contributed by atoms with Crippen molar-refractivity contribution in [2.75, 3.05) is 6.61 Å². The van der Waals surface area contributed by atoms with E-state index in [0.29, 0.717) is 13.0 Å². The van der Waals surface area contributed by atoms with Gasteiger partial charge in [0.25, 0.3) is 5.24 Å². The average Bonchev–Trinajstić information content (AvgIpc) is 2.95. The number of pyridine rings is 1. The number of amides is 2. The highest BCUT2D eigenvalue weighted by Gasteiger charge is 2.31. The second kappa shape index (κ2) is 10.6. The molecule has 26 heavy (non-hydrogen) atoms. The predicted molar refractivity (Wildman–Crippen MR) is 104 cm³/mol. The Morgan fingerprint density at radius 2 is 1.85 bits per heavy atom. The molecule has 6 heteroatoms. The lowest BCUT2D eigenvalue weighted by atomic mass is 10.1. The van der Waals surface area contributed by atoms with E-state index in [1.165, 1.54) is 6.42 Å². The number of hydrogen-bond donors (Lipinski definition) is 1. The largest absolute Gasteiger partial charge is 0.493 e. The second-order valence-corrected chi connectivity index (χ2v) is 7.03. The third-order valence-electron chi connectivity index (χ3n) is 3.46. The van der Waals surface area contributed by atoms with Crippen molar-refractivity contribution in [3.8, 4) is 5.75 Å². The van der Waals surface area contributed by atoms with Crippen LogP contribution in [-0.4, -0.2) is 28.0 Å². The zero-order chi connectivity index (χ0) is 18.8.